The average Bonchev–Trinajstić information content (AvgIpc) is 2.31. The van der Waals surface area contributed by atoms with Crippen molar-refractivity contribution < 1.29 is 5.11 Å². The van der Waals surface area contributed by atoms with Crippen LogP contribution >= 0.6 is 0 Å². The molecule has 1 saturated heterocycles. The molecule has 3 nitrogen and oxygen atoms in total. The van der Waals surface area contributed by atoms with Crippen LogP contribution in [0.25, 0.3) is 0 Å². The van der Waals surface area contributed by atoms with Crippen molar-refractivity contribution in [1.29, 1.82) is 0 Å². The molecule has 1 aliphatic heterocycles. The molecule has 82 valence electrons. The van der Waals surface area contributed by atoms with E-state index in [1.807, 2.05) is 12.1 Å². The zero-order chi connectivity index (χ0) is 10.5. The Morgan fingerprint density at radius 2 is 2.27 bits per heavy atom. The Balaban J connectivity index is 1.88. The molecule has 0 bridgehead atoms. The summed E-state index contributed by atoms with van der Waals surface area (Å²) < 4.78 is 0. The van der Waals surface area contributed by atoms with Crippen molar-refractivity contribution in [1.82, 2.24) is 10.3 Å². The SMILES string of the molecule is OC(Cc1ccncc1)C1CCCNC1. The van der Waals surface area contributed by atoms with Crippen molar-refractivity contribution in [3.05, 3.63) is 30.1 Å². The Bertz CT molecular complexity index is 283. The topological polar surface area (TPSA) is 45.2 Å². The zero-order valence-electron chi connectivity index (χ0n) is 8.89. The highest BCUT2D eigenvalue weighted by molar-refractivity contribution is 5.11. The van der Waals surface area contributed by atoms with Gasteiger partial charge in [-0.2, -0.15) is 0 Å². The maximum atomic E-state index is 10.1. The summed E-state index contributed by atoms with van der Waals surface area (Å²) in [6.07, 6.45) is 6.40. The number of aliphatic hydroxyl groups excluding tert-OH is 1. The van der Waals surface area contributed by atoms with Gasteiger partial charge in [0.1, 0.15) is 0 Å². The molecule has 2 N–H and O–H groups in total. The van der Waals surface area contributed by atoms with Gasteiger partial charge in [-0.15, -0.1) is 0 Å². The van der Waals surface area contributed by atoms with Crippen molar-refractivity contribution in [3.63, 3.8) is 0 Å². The number of aliphatic hydroxyl groups is 1. The van der Waals surface area contributed by atoms with Gasteiger partial charge in [0.2, 0.25) is 0 Å². The molecule has 0 amide bonds. The van der Waals surface area contributed by atoms with Crippen LogP contribution < -0.4 is 5.32 Å². The number of pyridine rings is 1. The Kier molecular flexibility index (Phi) is 3.69. The third-order valence-electron chi connectivity index (χ3n) is 3.07. The van der Waals surface area contributed by atoms with E-state index in [1.165, 1.54) is 12.0 Å². The number of hydrogen-bond donors (Lipinski definition) is 2. The van der Waals surface area contributed by atoms with Gasteiger partial charge < -0.3 is 10.4 Å². The summed E-state index contributed by atoms with van der Waals surface area (Å²) in [5.74, 6) is 0.409. The van der Waals surface area contributed by atoms with Crippen LogP contribution in [0.3, 0.4) is 0 Å². The molecule has 0 aromatic carbocycles. The summed E-state index contributed by atoms with van der Waals surface area (Å²) in [5.41, 5.74) is 1.17. The largest absolute Gasteiger partial charge is 0.392 e. The number of aromatic nitrogens is 1. The zero-order valence-corrected chi connectivity index (χ0v) is 8.89. The Morgan fingerprint density at radius 3 is 2.93 bits per heavy atom. The Morgan fingerprint density at radius 1 is 1.47 bits per heavy atom. The van der Waals surface area contributed by atoms with Crippen molar-refractivity contribution in [2.24, 2.45) is 5.92 Å². The first-order valence-corrected chi connectivity index (χ1v) is 5.64. The molecule has 0 radical (unpaired) electrons. The molecular formula is C12H18N2O. The summed E-state index contributed by atoms with van der Waals surface area (Å²) >= 11 is 0. The van der Waals surface area contributed by atoms with Crippen molar-refractivity contribution >= 4 is 0 Å². The highest BCUT2D eigenvalue weighted by Crippen LogP contribution is 2.17. The fourth-order valence-electron chi connectivity index (χ4n) is 2.13. The van der Waals surface area contributed by atoms with Crippen LogP contribution in [0.4, 0.5) is 0 Å². The van der Waals surface area contributed by atoms with E-state index in [0.29, 0.717) is 5.92 Å². The van der Waals surface area contributed by atoms with E-state index in [0.717, 1.165) is 25.9 Å². The predicted octanol–water partition coefficient (Wildman–Crippen LogP) is 0.985. The molecule has 2 atom stereocenters. The van der Waals surface area contributed by atoms with Crippen LogP contribution in [0.5, 0.6) is 0 Å². The van der Waals surface area contributed by atoms with Crippen LogP contribution in [-0.4, -0.2) is 29.3 Å². The lowest BCUT2D eigenvalue weighted by Crippen LogP contribution is -2.37. The first-order valence-electron chi connectivity index (χ1n) is 5.64. The van der Waals surface area contributed by atoms with Crippen molar-refractivity contribution in [2.75, 3.05) is 13.1 Å². The number of nitrogens with one attached hydrogen (secondary N) is 1. The van der Waals surface area contributed by atoms with E-state index in [4.69, 9.17) is 0 Å². The second kappa shape index (κ2) is 5.24. The number of nitrogens with zero attached hydrogens (tertiary/aromatic N) is 1. The van der Waals surface area contributed by atoms with Gasteiger partial charge in [0.15, 0.2) is 0 Å². The minimum atomic E-state index is -0.222. The summed E-state index contributed by atoms with van der Waals surface area (Å²) in [4.78, 5) is 3.97. The van der Waals surface area contributed by atoms with Crippen molar-refractivity contribution in [3.8, 4) is 0 Å². The lowest BCUT2D eigenvalue weighted by molar-refractivity contribution is 0.0922. The van der Waals surface area contributed by atoms with Crippen LogP contribution in [0.15, 0.2) is 24.5 Å². The van der Waals surface area contributed by atoms with Gasteiger partial charge in [-0.1, -0.05) is 0 Å². The average molecular weight is 206 g/mol. The van der Waals surface area contributed by atoms with E-state index in [1.54, 1.807) is 12.4 Å². The summed E-state index contributed by atoms with van der Waals surface area (Å²) in [7, 11) is 0. The van der Waals surface area contributed by atoms with E-state index in [-0.39, 0.29) is 6.10 Å². The second-order valence-electron chi connectivity index (χ2n) is 4.23. The van der Waals surface area contributed by atoms with Gasteiger partial charge in [0, 0.05) is 18.9 Å². The smallest absolute Gasteiger partial charge is 0.0620 e. The fraction of sp³-hybridized carbons (Fsp3) is 0.583. The highest BCUT2D eigenvalue weighted by atomic mass is 16.3. The van der Waals surface area contributed by atoms with Gasteiger partial charge in [-0.05, 0) is 49.4 Å². The molecule has 0 aliphatic carbocycles. The van der Waals surface area contributed by atoms with Gasteiger partial charge in [0.25, 0.3) is 0 Å². The minimum absolute atomic E-state index is 0.222. The van der Waals surface area contributed by atoms with E-state index in [2.05, 4.69) is 10.3 Å². The number of rotatable bonds is 3. The molecule has 2 rings (SSSR count). The van der Waals surface area contributed by atoms with Gasteiger partial charge in [-0.3, -0.25) is 4.98 Å². The molecule has 0 spiro atoms. The Hall–Kier alpha value is -0.930. The lowest BCUT2D eigenvalue weighted by atomic mass is 9.90. The Labute approximate surface area is 90.5 Å². The standard InChI is InChI=1S/C12H18N2O/c15-12(11-2-1-5-14-9-11)8-10-3-6-13-7-4-10/h3-4,6-7,11-12,14-15H,1-2,5,8-9H2. The highest BCUT2D eigenvalue weighted by Gasteiger charge is 2.21. The predicted molar refractivity (Wildman–Crippen MR) is 59.5 cm³/mol. The maximum absolute atomic E-state index is 10.1. The van der Waals surface area contributed by atoms with Crippen LogP contribution in [-0.2, 0) is 6.42 Å². The van der Waals surface area contributed by atoms with E-state index >= 15 is 0 Å². The normalized spacial score (nSPS) is 23.7. The third-order valence-corrected chi connectivity index (χ3v) is 3.07. The molecule has 2 heterocycles. The summed E-state index contributed by atoms with van der Waals surface area (Å²) in [5, 5.41) is 13.4. The molecule has 2 unspecified atom stereocenters. The van der Waals surface area contributed by atoms with E-state index < -0.39 is 0 Å². The van der Waals surface area contributed by atoms with Crippen LogP contribution in [0.1, 0.15) is 18.4 Å². The van der Waals surface area contributed by atoms with Gasteiger partial charge in [0.05, 0.1) is 6.10 Å². The second-order valence-corrected chi connectivity index (χ2v) is 4.23. The molecule has 1 fully saturated rings. The fourth-order valence-corrected chi connectivity index (χ4v) is 2.13. The number of piperidine rings is 1. The molecule has 3 heteroatoms. The lowest BCUT2D eigenvalue weighted by Gasteiger charge is -2.27. The summed E-state index contributed by atoms with van der Waals surface area (Å²) in [6.45, 7) is 2.05. The van der Waals surface area contributed by atoms with Gasteiger partial charge in [-0.25, -0.2) is 0 Å². The third kappa shape index (κ3) is 3.01. The monoisotopic (exact) mass is 206 g/mol. The molecule has 1 aromatic heterocycles. The number of hydrogen-bond acceptors (Lipinski definition) is 3. The quantitative estimate of drug-likeness (QED) is 0.775. The van der Waals surface area contributed by atoms with Gasteiger partial charge >= 0.3 is 0 Å². The van der Waals surface area contributed by atoms with E-state index in [9.17, 15) is 5.11 Å². The molecular weight excluding hydrogens is 188 g/mol. The first-order chi connectivity index (χ1) is 7.36. The molecule has 1 aliphatic rings. The molecule has 0 saturated carbocycles. The minimum Gasteiger partial charge on any atom is -0.392 e. The maximum Gasteiger partial charge on any atom is 0.0620 e. The van der Waals surface area contributed by atoms with Crippen molar-refractivity contribution in [2.45, 2.75) is 25.4 Å². The van der Waals surface area contributed by atoms with Crippen LogP contribution in [0.2, 0.25) is 0 Å². The molecule has 1 aromatic rings. The molecule has 15 heavy (non-hydrogen) atoms. The van der Waals surface area contributed by atoms with Crippen LogP contribution in [0, 0.1) is 5.92 Å². The first kappa shape index (κ1) is 10.6. The summed E-state index contributed by atoms with van der Waals surface area (Å²) in [6, 6.07) is 3.94.